The second-order valence-corrected chi connectivity index (χ2v) is 5.06. The van der Waals surface area contributed by atoms with Crippen LogP contribution in [0.1, 0.15) is 33.6 Å². The molecule has 0 saturated heterocycles. The average Bonchev–Trinajstić information content (AvgIpc) is 2.14. The van der Waals surface area contributed by atoms with Gasteiger partial charge in [-0.3, -0.25) is 4.79 Å². The van der Waals surface area contributed by atoms with Gasteiger partial charge in [0.15, 0.2) is 0 Å². The first-order valence-electron chi connectivity index (χ1n) is 5.67. The molecule has 0 aromatic heterocycles. The number of carboxylic acids is 1. The minimum Gasteiger partial charge on any atom is -0.481 e. The van der Waals surface area contributed by atoms with Gasteiger partial charge in [-0.25, -0.2) is 4.79 Å². The number of carbonyl (C=O) groups excluding carboxylic acids is 1. The van der Waals surface area contributed by atoms with Crippen LogP contribution in [0.25, 0.3) is 0 Å². The summed E-state index contributed by atoms with van der Waals surface area (Å²) in [5.74, 6) is -0.921. The molecular formula is C12H19NO4. The van der Waals surface area contributed by atoms with Crippen LogP contribution in [0.15, 0.2) is 12.2 Å². The fourth-order valence-electron chi connectivity index (χ4n) is 1.64. The van der Waals surface area contributed by atoms with E-state index in [1.54, 1.807) is 26.8 Å². The van der Waals surface area contributed by atoms with Crippen LogP contribution in [0.3, 0.4) is 0 Å². The Kier molecular flexibility index (Phi) is 4.15. The minimum absolute atomic E-state index is 0.0876. The number of carboxylic acid groups (broad SMARTS) is 1. The number of carbonyl (C=O) groups is 2. The van der Waals surface area contributed by atoms with Crippen LogP contribution in [0.4, 0.5) is 4.79 Å². The van der Waals surface area contributed by atoms with Crippen LogP contribution in [0, 0.1) is 0 Å². The summed E-state index contributed by atoms with van der Waals surface area (Å²) < 4.78 is 5.25. The lowest BCUT2D eigenvalue weighted by Gasteiger charge is -2.33. The molecule has 1 N–H and O–H groups in total. The monoisotopic (exact) mass is 241 g/mol. The van der Waals surface area contributed by atoms with Gasteiger partial charge in [0.1, 0.15) is 5.60 Å². The molecule has 5 nitrogen and oxygen atoms in total. The number of rotatable bonds is 2. The van der Waals surface area contributed by atoms with Crippen molar-refractivity contribution >= 4 is 12.1 Å². The third-order valence-corrected chi connectivity index (χ3v) is 2.31. The van der Waals surface area contributed by atoms with E-state index in [1.807, 2.05) is 6.08 Å². The van der Waals surface area contributed by atoms with Gasteiger partial charge in [0.25, 0.3) is 0 Å². The molecule has 1 atom stereocenters. The first-order valence-corrected chi connectivity index (χ1v) is 5.67. The van der Waals surface area contributed by atoms with Crippen LogP contribution >= 0.6 is 0 Å². The standard InChI is InChI=1S/C12H19NO4/c1-12(2,3)17-11(16)13-7-5-4-6-9(13)8-10(14)15/h4,6,9H,5,7-8H2,1-3H3,(H,14,15). The predicted molar refractivity (Wildman–Crippen MR) is 62.7 cm³/mol. The summed E-state index contributed by atoms with van der Waals surface area (Å²) in [5.41, 5.74) is -0.563. The van der Waals surface area contributed by atoms with Gasteiger partial charge in [0.2, 0.25) is 0 Å². The van der Waals surface area contributed by atoms with E-state index in [0.717, 1.165) is 6.42 Å². The molecule has 1 rings (SSSR count). The highest BCUT2D eigenvalue weighted by atomic mass is 16.6. The Morgan fingerprint density at radius 2 is 2.12 bits per heavy atom. The summed E-state index contributed by atoms with van der Waals surface area (Å²) >= 11 is 0. The van der Waals surface area contributed by atoms with Crippen LogP contribution in [0.2, 0.25) is 0 Å². The summed E-state index contributed by atoms with van der Waals surface area (Å²) in [6.07, 6.45) is 3.84. The van der Waals surface area contributed by atoms with E-state index < -0.39 is 23.7 Å². The van der Waals surface area contributed by atoms with Gasteiger partial charge >= 0.3 is 12.1 Å². The summed E-state index contributed by atoms with van der Waals surface area (Å²) in [4.78, 5) is 24.1. The molecule has 17 heavy (non-hydrogen) atoms. The molecule has 1 heterocycles. The number of aliphatic carboxylic acids is 1. The van der Waals surface area contributed by atoms with Crippen molar-refractivity contribution in [2.45, 2.75) is 45.3 Å². The Morgan fingerprint density at radius 1 is 1.47 bits per heavy atom. The molecule has 1 amide bonds. The van der Waals surface area contributed by atoms with Crippen molar-refractivity contribution in [3.8, 4) is 0 Å². The van der Waals surface area contributed by atoms with Gasteiger partial charge in [-0.15, -0.1) is 0 Å². The quantitative estimate of drug-likeness (QED) is 0.751. The van der Waals surface area contributed by atoms with Crippen LogP contribution in [-0.2, 0) is 9.53 Å². The fraction of sp³-hybridized carbons (Fsp3) is 0.667. The van der Waals surface area contributed by atoms with E-state index in [0.29, 0.717) is 6.54 Å². The van der Waals surface area contributed by atoms with Gasteiger partial charge in [0.05, 0.1) is 12.5 Å². The second kappa shape index (κ2) is 5.21. The maximum absolute atomic E-state index is 11.9. The molecule has 0 aromatic carbocycles. The van der Waals surface area contributed by atoms with Gasteiger partial charge < -0.3 is 14.7 Å². The lowest BCUT2D eigenvalue weighted by molar-refractivity contribution is -0.137. The molecule has 1 aliphatic heterocycles. The molecule has 0 aliphatic carbocycles. The van der Waals surface area contributed by atoms with E-state index >= 15 is 0 Å². The molecule has 0 saturated carbocycles. The van der Waals surface area contributed by atoms with Crippen molar-refractivity contribution in [1.82, 2.24) is 4.90 Å². The number of nitrogens with zero attached hydrogens (tertiary/aromatic N) is 1. The number of hydrogen-bond acceptors (Lipinski definition) is 3. The summed E-state index contributed by atoms with van der Waals surface area (Å²) in [6, 6.07) is -0.406. The van der Waals surface area contributed by atoms with Crippen molar-refractivity contribution in [1.29, 1.82) is 0 Å². The predicted octanol–water partition coefficient (Wildman–Crippen LogP) is 2.03. The SMILES string of the molecule is CC(C)(C)OC(=O)N1CCC=CC1CC(=O)O. The molecule has 5 heteroatoms. The van der Waals surface area contributed by atoms with E-state index in [9.17, 15) is 9.59 Å². The fourth-order valence-corrected chi connectivity index (χ4v) is 1.64. The van der Waals surface area contributed by atoms with Crippen LogP contribution in [0.5, 0.6) is 0 Å². The Morgan fingerprint density at radius 3 is 2.65 bits per heavy atom. The smallest absolute Gasteiger partial charge is 0.410 e. The highest BCUT2D eigenvalue weighted by Crippen LogP contribution is 2.18. The first-order chi connectivity index (χ1) is 7.79. The third kappa shape index (κ3) is 4.46. The molecule has 0 spiro atoms. The zero-order valence-corrected chi connectivity index (χ0v) is 10.5. The van der Waals surface area contributed by atoms with Gasteiger partial charge in [-0.05, 0) is 27.2 Å². The molecule has 0 radical (unpaired) electrons. The topological polar surface area (TPSA) is 66.8 Å². The highest BCUT2D eigenvalue weighted by Gasteiger charge is 2.29. The number of amides is 1. The van der Waals surface area contributed by atoms with Gasteiger partial charge in [-0.2, -0.15) is 0 Å². The summed E-state index contributed by atoms with van der Waals surface area (Å²) in [5, 5.41) is 8.79. The average molecular weight is 241 g/mol. The van der Waals surface area contributed by atoms with Crippen molar-refractivity contribution in [3.05, 3.63) is 12.2 Å². The molecule has 96 valence electrons. The zero-order valence-electron chi connectivity index (χ0n) is 10.5. The van der Waals surface area contributed by atoms with E-state index in [4.69, 9.17) is 9.84 Å². The molecule has 1 unspecified atom stereocenters. The largest absolute Gasteiger partial charge is 0.481 e. The number of hydrogen-bond donors (Lipinski definition) is 1. The molecular weight excluding hydrogens is 222 g/mol. The Bertz CT molecular complexity index is 330. The van der Waals surface area contributed by atoms with Crippen molar-refractivity contribution < 1.29 is 19.4 Å². The van der Waals surface area contributed by atoms with E-state index in [1.165, 1.54) is 4.90 Å². The van der Waals surface area contributed by atoms with Crippen molar-refractivity contribution in [2.24, 2.45) is 0 Å². The zero-order chi connectivity index (χ0) is 13.1. The van der Waals surface area contributed by atoms with Crippen LogP contribution < -0.4 is 0 Å². The lowest BCUT2D eigenvalue weighted by Crippen LogP contribution is -2.45. The highest BCUT2D eigenvalue weighted by molar-refractivity contribution is 5.72. The molecule has 0 aromatic rings. The van der Waals surface area contributed by atoms with E-state index in [-0.39, 0.29) is 6.42 Å². The van der Waals surface area contributed by atoms with Crippen molar-refractivity contribution in [2.75, 3.05) is 6.54 Å². The van der Waals surface area contributed by atoms with Crippen molar-refractivity contribution in [3.63, 3.8) is 0 Å². The Balaban J connectivity index is 2.69. The Labute approximate surface area is 101 Å². The minimum atomic E-state index is -0.921. The number of ether oxygens (including phenoxy) is 1. The van der Waals surface area contributed by atoms with Gasteiger partial charge in [0, 0.05) is 6.54 Å². The second-order valence-electron chi connectivity index (χ2n) is 5.06. The first kappa shape index (κ1) is 13.5. The van der Waals surface area contributed by atoms with Gasteiger partial charge in [-0.1, -0.05) is 12.2 Å². The normalized spacial score (nSPS) is 20.2. The molecule has 0 fully saturated rings. The van der Waals surface area contributed by atoms with Crippen LogP contribution in [-0.4, -0.2) is 40.3 Å². The molecule has 1 aliphatic rings. The maximum Gasteiger partial charge on any atom is 0.410 e. The Hall–Kier alpha value is -1.52. The maximum atomic E-state index is 11.9. The summed E-state index contributed by atoms with van der Waals surface area (Å²) in [7, 11) is 0. The van der Waals surface area contributed by atoms with E-state index in [2.05, 4.69) is 0 Å². The summed E-state index contributed by atoms with van der Waals surface area (Å²) in [6.45, 7) is 5.87. The molecule has 0 bridgehead atoms. The third-order valence-electron chi connectivity index (χ3n) is 2.31. The lowest BCUT2D eigenvalue weighted by atomic mass is 10.1.